The molecule has 0 saturated heterocycles. The van der Waals surface area contributed by atoms with E-state index in [9.17, 15) is 19.2 Å². The molecule has 4 rings (SSSR count). The summed E-state index contributed by atoms with van der Waals surface area (Å²) in [5.74, 6) is -2.15. The molecule has 9 nitrogen and oxygen atoms in total. The Hall–Kier alpha value is -5.09. The lowest BCUT2D eigenvalue weighted by Crippen LogP contribution is -2.50. The topological polar surface area (TPSA) is 137 Å². The van der Waals surface area contributed by atoms with Gasteiger partial charge in [-0.1, -0.05) is 121 Å². The van der Waals surface area contributed by atoms with Crippen LogP contribution in [0, 0.1) is 0 Å². The van der Waals surface area contributed by atoms with Gasteiger partial charge in [0.15, 0.2) is 0 Å². The molecule has 2 atom stereocenters. The van der Waals surface area contributed by atoms with Crippen LogP contribution in [0.25, 0.3) is 0 Å². The molecular weight excluding hydrogens is 590 g/mol. The van der Waals surface area contributed by atoms with Gasteiger partial charge in [-0.2, -0.15) is 0 Å². The molecule has 45 heavy (non-hydrogen) atoms. The Balaban J connectivity index is 1.53. The minimum absolute atomic E-state index is 0.0298. The van der Waals surface area contributed by atoms with Crippen molar-refractivity contribution < 1.29 is 28.7 Å². The third-order valence-electron chi connectivity index (χ3n) is 7.07. The number of primary amides is 1. The Kier molecular flexibility index (Phi) is 11.8. The van der Waals surface area contributed by atoms with Crippen LogP contribution in [-0.4, -0.2) is 48.8 Å². The van der Waals surface area contributed by atoms with Crippen molar-refractivity contribution in [3.8, 4) is 0 Å². The van der Waals surface area contributed by atoms with E-state index in [0.29, 0.717) is 0 Å². The molecule has 3 amide bonds. The number of carbonyl (C=O) groups is 4. The van der Waals surface area contributed by atoms with Crippen LogP contribution in [0.15, 0.2) is 121 Å². The lowest BCUT2D eigenvalue weighted by molar-refractivity contribution is -0.144. The number of ether oxygens (including phenoxy) is 2. The average molecular weight is 626 g/mol. The van der Waals surface area contributed by atoms with Crippen molar-refractivity contribution >= 4 is 35.6 Å². The van der Waals surface area contributed by atoms with E-state index in [0.717, 1.165) is 22.3 Å². The first-order chi connectivity index (χ1) is 21.8. The molecule has 0 spiro atoms. The van der Waals surface area contributed by atoms with Crippen molar-refractivity contribution in [2.45, 2.75) is 29.9 Å². The maximum absolute atomic E-state index is 13.2. The Morgan fingerprint density at radius 3 is 1.62 bits per heavy atom. The normalized spacial score (nSPS) is 12.3. The Bertz CT molecular complexity index is 1460. The van der Waals surface area contributed by atoms with Crippen LogP contribution in [0.3, 0.4) is 0 Å². The highest BCUT2D eigenvalue weighted by Crippen LogP contribution is 2.48. The number of carbonyl (C=O) groups excluding carboxylic acids is 4. The summed E-state index contributed by atoms with van der Waals surface area (Å²) in [6, 6.07) is 36.2. The fourth-order valence-electron chi connectivity index (χ4n) is 4.86. The molecule has 0 radical (unpaired) electrons. The highest BCUT2D eigenvalue weighted by Gasteiger charge is 2.39. The van der Waals surface area contributed by atoms with Gasteiger partial charge < -0.3 is 25.8 Å². The van der Waals surface area contributed by atoms with Crippen LogP contribution >= 0.6 is 11.8 Å². The van der Waals surface area contributed by atoms with Gasteiger partial charge in [0.1, 0.15) is 18.7 Å². The van der Waals surface area contributed by atoms with Crippen LogP contribution in [0.4, 0.5) is 4.79 Å². The number of methoxy groups -OCH3 is 1. The molecule has 4 N–H and O–H groups in total. The van der Waals surface area contributed by atoms with E-state index in [1.54, 1.807) is 24.3 Å². The van der Waals surface area contributed by atoms with Crippen LogP contribution in [0.1, 0.15) is 28.7 Å². The van der Waals surface area contributed by atoms with Crippen molar-refractivity contribution in [1.82, 2.24) is 10.6 Å². The van der Waals surface area contributed by atoms with E-state index in [-0.39, 0.29) is 12.4 Å². The zero-order chi connectivity index (χ0) is 32.1. The van der Waals surface area contributed by atoms with Gasteiger partial charge in [0.25, 0.3) is 0 Å². The molecule has 0 aliphatic heterocycles. The highest BCUT2D eigenvalue weighted by atomic mass is 32.2. The minimum Gasteiger partial charge on any atom is -0.467 e. The quantitative estimate of drug-likeness (QED) is 0.138. The second kappa shape index (κ2) is 16.1. The Morgan fingerprint density at radius 2 is 1.18 bits per heavy atom. The molecule has 10 heteroatoms. The van der Waals surface area contributed by atoms with Gasteiger partial charge in [0.2, 0.25) is 11.8 Å². The molecule has 0 bridgehead atoms. The summed E-state index contributed by atoms with van der Waals surface area (Å²) < 4.78 is 9.45. The summed E-state index contributed by atoms with van der Waals surface area (Å²) in [7, 11) is 1.24. The smallest absolute Gasteiger partial charge is 0.408 e. The number of thioether (sulfide) groups is 1. The van der Waals surface area contributed by atoms with Crippen LogP contribution in [0.2, 0.25) is 0 Å². The van der Waals surface area contributed by atoms with Crippen molar-refractivity contribution in [3.05, 3.63) is 144 Å². The first kappa shape index (κ1) is 32.8. The first-order valence-corrected chi connectivity index (χ1v) is 15.3. The molecule has 0 heterocycles. The molecule has 0 saturated carbocycles. The maximum Gasteiger partial charge on any atom is 0.408 e. The maximum atomic E-state index is 13.2. The van der Waals surface area contributed by atoms with Crippen LogP contribution < -0.4 is 16.4 Å². The second-order valence-corrected chi connectivity index (χ2v) is 11.3. The molecule has 0 aliphatic rings. The molecule has 0 aromatic heterocycles. The third-order valence-corrected chi connectivity index (χ3v) is 8.71. The van der Waals surface area contributed by atoms with Gasteiger partial charge in [-0.05, 0) is 22.3 Å². The van der Waals surface area contributed by atoms with Crippen molar-refractivity contribution in [2.24, 2.45) is 5.73 Å². The number of alkyl carbamates (subject to hydrolysis) is 1. The second-order valence-electron chi connectivity index (χ2n) is 10.1. The standard InChI is InChI=1S/C35H35N3O6S/c1-43-33(41)30(37-31(39)22-29(32(36)40)38-34(42)44-23-25-14-6-2-7-15-25)24-45-35(26-16-8-3-9-17-26,27-18-10-4-11-19-27)28-20-12-5-13-21-28/h2-21,29-30H,22-24H2,1H3,(H2,36,40)(H,37,39)(H,38,42)/t29-,30+/m0/s1. The largest absolute Gasteiger partial charge is 0.467 e. The van der Waals surface area contributed by atoms with E-state index in [1.807, 2.05) is 97.1 Å². The number of amides is 3. The fourth-order valence-corrected chi connectivity index (χ4v) is 6.40. The summed E-state index contributed by atoms with van der Waals surface area (Å²) in [6.07, 6.45) is -1.41. The third kappa shape index (κ3) is 8.73. The molecule has 0 fully saturated rings. The molecule has 0 unspecified atom stereocenters. The Labute approximate surface area is 266 Å². The van der Waals surface area contributed by atoms with E-state index in [1.165, 1.54) is 18.9 Å². The molecular formula is C35H35N3O6S. The van der Waals surface area contributed by atoms with Crippen molar-refractivity contribution in [3.63, 3.8) is 0 Å². The number of hydrogen-bond donors (Lipinski definition) is 3. The number of nitrogens with two attached hydrogens (primary N) is 1. The first-order valence-electron chi connectivity index (χ1n) is 14.3. The summed E-state index contributed by atoms with van der Waals surface area (Å²) in [4.78, 5) is 50.6. The molecule has 0 aliphatic carbocycles. The van der Waals surface area contributed by atoms with Gasteiger partial charge >= 0.3 is 12.1 Å². The van der Waals surface area contributed by atoms with Gasteiger partial charge in [-0.15, -0.1) is 11.8 Å². The van der Waals surface area contributed by atoms with Crippen LogP contribution in [-0.2, 0) is 35.2 Å². The zero-order valence-corrected chi connectivity index (χ0v) is 25.6. The van der Waals surface area contributed by atoms with Crippen molar-refractivity contribution in [2.75, 3.05) is 12.9 Å². The lowest BCUT2D eigenvalue weighted by atomic mass is 9.84. The van der Waals surface area contributed by atoms with Crippen LogP contribution in [0.5, 0.6) is 0 Å². The van der Waals surface area contributed by atoms with Gasteiger partial charge in [-0.25, -0.2) is 9.59 Å². The molecule has 4 aromatic rings. The van der Waals surface area contributed by atoms with Gasteiger partial charge in [-0.3, -0.25) is 9.59 Å². The van der Waals surface area contributed by atoms with E-state index in [2.05, 4.69) is 10.6 Å². The number of hydrogen-bond acceptors (Lipinski definition) is 7. The van der Waals surface area contributed by atoms with Gasteiger partial charge in [0, 0.05) is 5.75 Å². The predicted octanol–water partition coefficient (Wildman–Crippen LogP) is 4.54. The van der Waals surface area contributed by atoms with Gasteiger partial charge in [0.05, 0.1) is 18.3 Å². The number of esters is 1. The highest BCUT2D eigenvalue weighted by molar-refractivity contribution is 8.00. The molecule has 4 aromatic carbocycles. The predicted molar refractivity (Wildman–Crippen MR) is 173 cm³/mol. The van der Waals surface area contributed by atoms with Crippen molar-refractivity contribution in [1.29, 1.82) is 0 Å². The number of nitrogens with one attached hydrogen (secondary N) is 2. The Morgan fingerprint density at radius 1 is 0.711 bits per heavy atom. The number of benzene rings is 4. The number of rotatable bonds is 14. The van der Waals surface area contributed by atoms with E-state index in [4.69, 9.17) is 15.2 Å². The average Bonchev–Trinajstić information content (AvgIpc) is 3.08. The summed E-state index contributed by atoms with van der Waals surface area (Å²) in [5, 5.41) is 5.01. The zero-order valence-electron chi connectivity index (χ0n) is 24.8. The summed E-state index contributed by atoms with van der Waals surface area (Å²) in [6.45, 7) is -0.0298. The SMILES string of the molecule is COC(=O)[C@@H](CSC(c1ccccc1)(c1ccccc1)c1ccccc1)NC(=O)C[C@H](NC(=O)OCc1ccccc1)C(N)=O. The summed E-state index contributed by atoms with van der Waals surface area (Å²) >= 11 is 1.47. The lowest BCUT2D eigenvalue weighted by Gasteiger charge is -2.36. The monoisotopic (exact) mass is 625 g/mol. The van der Waals surface area contributed by atoms with E-state index >= 15 is 0 Å². The minimum atomic E-state index is -1.36. The summed E-state index contributed by atoms with van der Waals surface area (Å²) in [5.41, 5.74) is 9.17. The van der Waals surface area contributed by atoms with E-state index < -0.39 is 47.1 Å². The fraction of sp³-hybridized carbons (Fsp3) is 0.200. The molecule has 232 valence electrons.